The number of hydrogen-bond acceptors (Lipinski definition) is 0. The van der Waals surface area contributed by atoms with E-state index in [9.17, 15) is 0 Å². The van der Waals surface area contributed by atoms with Crippen LogP contribution in [0.5, 0.6) is 0 Å². The Labute approximate surface area is 222 Å². The molecule has 0 radical (unpaired) electrons. The fourth-order valence-corrected chi connectivity index (χ4v) is 6.63. The van der Waals surface area contributed by atoms with Crippen LogP contribution in [0.3, 0.4) is 0 Å². The van der Waals surface area contributed by atoms with Gasteiger partial charge in [-0.1, -0.05) is 104 Å². The van der Waals surface area contributed by atoms with Crippen molar-refractivity contribution in [3.63, 3.8) is 0 Å². The highest BCUT2D eigenvalue weighted by Gasteiger charge is 2.45. The van der Waals surface area contributed by atoms with Gasteiger partial charge in [0, 0.05) is 9.49 Å². The van der Waals surface area contributed by atoms with E-state index in [0.717, 1.165) is 0 Å². The van der Waals surface area contributed by atoms with Crippen LogP contribution in [-0.4, -0.2) is 0 Å². The maximum Gasteiger partial charge on any atom is 0.0142 e. The van der Waals surface area contributed by atoms with Crippen LogP contribution in [0.25, 0.3) is 27.8 Å². The Kier molecular flexibility index (Phi) is 5.56. The third-order valence-corrected chi connectivity index (χ3v) is 8.48. The Morgan fingerprint density at radius 1 is 0.686 bits per heavy atom. The zero-order valence-corrected chi connectivity index (χ0v) is 22.6. The van der Waals surface area contributed by atoms with E-state index in [0.29, 0.717) is 11.8 Å². The lowest BCUT2D eigenvalue weighted by Gasteiger charge is -2.31. The van der Waals surface area contributed by atoms with Crippen LogP contribution in [-0.2, 0) is 5.41 Å². The van der Waals surface area contributed by atoms with Crippen LogP contribution in [0.1, 0.15) is 42.0 Å². The minimum Gasteiger partial charge on any atom is -0.0758 e. The molecule has 0 aliphatic heterocycles. The van der Waals surface area contributed by atoms with Crippen molar-refractivity contribution < 1.29 is 0 Å². The van der Waals surface area contributed by atoms with Crippen molar-refractivity contribution in [3.05, 3.63) is 135 Å². The molecule has 0 aromatic heterocycles. The summed E-state index contributed by atoms with van der Waals surface area (Å²) in [6, 6.07) is 33.6. The van der Waals surface area contributed by atoms with Gasteiger partial charge in [-0.15, -0.1) is 0 Å². The summed E-state index contributed by atoms with van der Waals surface area (Å²) < 4.78 is 1.25. The van der Waals surface area contributed by atoms with E-state index in [1.54, 1.807) is 0 Å². The number of hydrogen-bond donors (Lipinski definition) is 0. The summed E-state index contributed by atoms with van der Waals surface area (Å²) in [6.07, 6.45) is 7.31. The smallest absolute Gasteiger partial charge is 0.0142 e. The standard InChI is InChI=1S/C34H29I/c1-22-12-14-30-31-15-13-26(21-33(31)34(2,3)32(30)16-22)24-10-7-11-25(17-24)28-18-27(19-29(35)20-28)23-8-5-4-6-9-23/h4-21,31,33H,1-3H3. The van der Waals surface area contributed by atoms with Crippen molar-refractivity contribution in [1.29, 1.82) is 0 Å². The van der Waals surface area contributed by atoms with Crippen molar-refractivity contribution >= 4 is 28.2 Å². The summed E-state index contributed by atoms with van der Waals surface area (Å²) in [7, 11) is 0. The third-order valence-electron chi connectivity index (χ3n) is 7.86. The van der Waals surface area contributed by atoms with Crippen LogP contribution in [0, 0.1) is 16.4 Å². The molecule has 0 bridgehead atoms. The first-order valence-electron chi connectivity index (χ1n) is 12.4. The van der Waals surface area contributed by atoms with Crippen LogP contribution in [0.4, 0.5) is 0 Å². The van der Waals surface area contributed by atoms with Gasteiger partial charge in [-0.2, -0.15) is 0 Å². The van der Waals surface area contributed by atoms with Crippen molar-refractivity contribution in [1.82, 2.24) is 0 Å². The Morgan fingerprint density at radius 2 is 1.37 bits per heavy atom. The molecule has 2 aliphatic rings. The van der Waals surface area contributed by atoms with Crippen LogP contribution in [0.2, 0.25) is 0 Å². The van der Waals surface area contributed by atoms with Gasteiger partial charge in [-0.05, 0) is 110 Å². The fourth-order valence-electron chi connectivity index (χ4n) is 5.96. The van der Waals surface area contributed by atoms with Crippen LogP contribution < -0.4 is 0 Å². The molecule has 0 fully saturated rings. The number of aryl methyl sites for hydroxylation is 1. The van der Waals surface area contributed by atoms with Gasteiger partial charge in [0.15, 0.2) is 0 Å². The van der Waals surface area contributed by atoms with E-state index in [2.05, 4.69) is 153 Å². The van der Waals surface area contributed by atoms with Gasteiger partial charge in [-0.25, -0.2) is 0 Å². The van der Waals surface area contributed by atoms with Crippen LogP contribution in [0.15, 0.2) is 109 Å². The molecule has 0 N–H and O–H groups in total. The molecule has 0 nitrogen and oxygen atoms in total. The second kappa shape index (κ2) is 8.64. The van der Waals surface area contributed by atoms with Crippen LogP contribution >= 0.6 is 22.6 Å². The van der Waals surface area contributed by atoms with Crippen molar-refractivity contribution in [2.24, 2.45) is 5.92 Å². The Morgan fingerprint density at radius 3 is 2.17 bits per heavy atom. The highest BCUT2D eigenvalue weighted by molar-refractivity contribution is 14.1. The molecule has 2 aliphatic carbocycles. The number of halogens is 1. The van der Waals surface area contributed by atoms with E-state index in [-0.39, 0.29) is 5.41 Å². The molecule has 4 aromatic carbocycles. The first-order chi connectivity index (χ1) is 16.9. The molecule has 0 heterocycles. The van der Waals surface area contributed by atoms with Gasteiger partial charge in [0.05, 0.1) is 0 Å². The van der Waals surface area contributed by atoms with Gasteiger partial charge in [0.25, 0.3) is 0 Å². The molecule has 172 valence electrons. The fraction of sp³-hybridized carbons (Fsp3) is 0.176. The van der Waals surface area contributed by atoms with E-state index in [1.807, 2.05) is 0 Å². The van der Waals surface area contributed by atoms with Crippen molar-refractivity contribution in [2.75, 3.05) is 0 Å². The van der Waals surface area contributed by atoms with Gasteiger partial charge in [0.2, 0.25) is 0 Å². The highest BCUT2D eigenvalue weighted by Crippen LogP contribution is 2.54. The minimum atomic E-state index is 0.125. The van der Waals surface area contributed by atoms with E-state index in [1.165, 1.54) is 53.7 Å². The van der Waals surface area contributed by atoms with Crippen molar-refractivity contribution in [3.8, 4) is 22.3 Å². The Bertz CT molecular complexity index is 1490. The number of benzene rings is 4. The Balaban J connectivity index is 1.37. The first kappa shape index (κ1) is 22.5. The lowest BCUT2D eigenvalue weighted by atomic mass is 9.72. The zero-order chi connectivity index (χ0) is 24.2. The highest BCUT2D eigenvalue weighted by atomic mass is 127. The van der Waals surface area contributed by atoms with E-state index < -0.39 is 0 Å². The molecule has 2 atom stereocenters. The number of rotatable bonds is 3. The zero-order valence-electron chi connectivity index (χ0n) is 20.4. The van der Waals surface area contributed by atoms with E-state index >= 15 is 0 Å². The lowest BCUT2D eigenvalue weighted by molar-refractivity contribution is 0.395. The maximum atomic E-state index is 2.53. The number of allylic oxidation sites excluding steroid dienone is 4. The maximum absolute atomic E-state index is 2.53. The van der Waals surface area contributed by atoms with Gasteiger partial charge in [-0.3, -0.25) is 0 Å². The average Bonchev–Trinajstić information content (AvgIpc) is 3.10. The minimum absolute atomic E-state index is 0.125. The molecule has 4 aromatic rings. The molecular formula is C34H29I. The summed E-state index contributed by atoms with van der Waals surface area (Å²) in [5.74, 6) is 0.946. The molecule has 35 heavy (non-hydrogen) atoms. The molecule has 0 amide bonds. The summed E-state index contributed by atoms with van der Waals surface area (Å²) in [5, 5.41) is 0. The predicted octanol–water partition coefficient (Wildman–Crippen LogP) is 9.58. The monoisotopic (exact) mass is 564 g/mol. The second-order valence-corrected chi connectivity index (χ2v) is 11.8. The molecule has 0 saturated heterocycles. The quantitative estimate of drug-likeness (QED) is 0.218. The predicted molar refractivity (Wildman–Crippen MR) is 158 cm³/mol. The first-order valence-corrected chi connectivity index (χ1v) is 13.5. The average molecular weight is 565 g/mol. The summed E-state index contributed by atoms with van der Waals surface area (Å²) in [5.41, 5.74) is 12.2. The van der Waals surface area contributed by atoms with Gasteiger partial charge < -0.3 is 0 Å². The molecule has 1 heteroatoms. The van der Waals surface area contributed by atoms with E-state index in [4.69, 9.17) is 0 Å². The molecule has 0 spiro atoms. The topological polar surface area (TPSA) is 0 Å². The van der Waals surface area contributed by atoms with Crippen molar-refractivity contribution in [2.45, 2.75) is 32.1 Å². The van der Waals surface area contributed by atoms with Gasteiger partial charge >= 0.3 is 0 Å². The summed E-state index contributed by atoms with van der Waals surface area (Å²) in [4.78, 5) is 0. The largest absolute Gasteiger partial charge is 0.0758 e. The number of fused-ring (bicyclic) bond motifs is 3. The normalized spacial score (nSPS) is 19.7. The summed E-state index contributed by atoms with van der Waals surface area (Å²) in [6.45, 7) is 7.03. The molecule has 6 rings (SSSR count). The molecular weight excluding hydrogens is 535 g/mol. The lowest BCUT2D eigenvalue weighted by Crippen LogP contribution is -2.25. The SMILES string of the molecule is Cc1ccc2c(c1)C(C)(C)C1C=C(c3cccc(-c4cc(I)cc(-c5ccccc5)c4)c3)C=CC21. The van der Waals surface area contributed by atoms with Gasteiger partial charge in [0.1, 0.15) is 0 Å². The third kappa shape index (κ3) is 4.00. The molecule has 2 unspecified atom stereocenters. The molecule has 0 saturated carbocycles. The Hall–Kier alpha value is -2.91. The second-order valence-electron chi connectivity index (χ2n) is 10.5. The summed E-state index contributed by atoms with van der Waals surface area (Å²) >= 11 is 2.44.